The summed E-state index contributed by atoms with van der Waals surface area (Å²) < 4.78 is -0.133. The lowest BCUT2D eigenvalue weighted by atomic mass is 10.5. The molecule has 0 N–H and O–H groups in total. The number of alkyl halides is 3. The van der Waals surface area contributed by atoms with E-state index in [0.29, 0.717) is 12.2 Å². The van der Waals surface area contributed by atoms with E-state index in [1.807, 2.05) is 6.92 Å². The zero-order valence-electron chi connectivity index (χ0n) is 6.06. The summed E-state index contributed by atoms with van der Waals surface area (Å²) in [5.41, 5.74) is 0.302. The van der Waals surface area contributed by atoms with E-state index in [1.165, 1.54) is 4.68 Å². The van der Waals surface area contributed by atoms with Crippen LogP contribution in [-0.2, 0) is 10.3 Å². The van der Waals surface area contributed by atoms with Crippen LogP contribution in [0.15, 0.2) is 0 Å². The first kappa shape index (κ1) is 10.4. The lowest BCUT2D eigenvalue weighted by Crippen LogP contribution is -2.11. The van der Waals surface area contributed by atoms with Gasteiger partial charge in [-0.1, -0.05) is 51.6 Å². The van der Waals surface area contributed by atoms with Gasteiger partial charge < -0.3 is 0 Å². The third kappa shape index (κ3) is 1.96. The van der Waals surface area contributed by atoms with Crippen molar-refractivity contribution in [1.29, 1.82) is 0 Å². The Balaban J connectivity index is 3.19. The quantitative estimate of drug-likeness (QED) is 0.716. The van der Waals surface area contributed by atoms with Crippen molar-refractivity contribution in [1.82, 2.24) is 15.0 Å². The summed E-state index contributed by atoms with van der Waals surface area (Å²) >= 11 is 22.6. The molecular weight excluding hydrogens is 244 g/mol. The normalized spacial score (nSPS) is 12.1. The van der Waals surface area contributed by atoms with Gasteiger partial charge >= 0.3 is 0 Å². The van der Waals surface area contributed by atoms with Crippen LogP contribution in [0.3, 0.4) is 0 Å². The maximum Gasteiger partial charge on any atom is 0.235 e. The molecular formula is C5H5Cl4N3. The van der Waals surface area contributed by atoms with E-state index in [1.54, 1.807) is 0 Å². The minimum Gasteiger partial charge on any atom is -0.244 e. The standard InChI is InChI=1S/C5H5Cl4N3/c1-2-12-3(5(7,8)9)4(6)10-11-12/h2H2,1H3. The van der Waals surface area contributed by atoms with Gasteiger partial charge in [0.25, 0.3) is 0 Å². The smallest absolute Gasteiger partial charge is 0.235 e. The van der Waals surface area contributed by atoms with Crippen molar-refractivity contribution in [2.45, 2.75) is 17.3 Å². The molecule has 0 aliphatic carbocycles. The van der Waals surface area contributed by atoms with E-state index in [9.17, 15) is 0 Å². The average Bonchev–Trinajstić information content (AvgIpc) is 2.29. The number of aryl methyl sites for hydroxylation is 1. The topological polar surface area (TPSA) is 30.7 Å². The summed E-state index contributed by atoms with van der Waals surface area (Å²) in [5.74, 6) is 0. The van der Waals surface area contributed by atoms with Crippen molar-refractivity contribution in [2.75, 3.05) is 0 Å². The van der Waals surface area contributed by atoms with E-state index in [4.69, 9.17) is 46.4 Å². The number of aromatic nitrogens is 3. The van der Waals surface area contributed by atoms with Crippen molar-refractivity contribution in [3.8, 4) is 0 Å². The van der Waals surface area contributed by atoms with Gasteiger partial charge in [-0.25, -0.2) is 4.68 Å². The van der Waals surface area contributed by atoms with E-state index in [0.717, 1.165) is 0 Å². The van der Waals surface area contributed by atoms with Gasteiger partial charge in [0.05, 0.1) is 0 Å². The highest BCUT2D eigenvalue weighted by Gasteiger charge is 2.31. The largest absolute Gasteiger partial charge is 0.244 e. The molecule has 1 heterocycles. The lowest BCUT2D eigenvalue weighted by Gasteiger charge is -2.11. The Kier molecular flexibility index (Phi) is 3.10. The van der Waals surface area contributed by atoms with Gasteiger partial charge in [0.1, 0.15) is 5.69 Å². The van der Waals surface area contributed by atoms with Gasteiger partial charge in [0.15, 0.2) is 5.15 Å². The van der Waals surface area contributed by atoms with Crippen molar-refractivity contribution < 1.29 is 0 Å². The maximum absolute atomic E-state index is 5.66. The highest BCUT2D eigenvalue weighted by molar-refractivity contribution is 6.67. The molecule has 0 unspecified atom stereocenters. The number of halogens is 4. The fraction of sp³-hybridized carbons (Fsp3) is 0.600. The molecule has 0 spiro atoms. The van der Waals surface area contributed by atoms with Crippen molar-refractivity contribution >= 4 is 46.4 Å². The number of hydrogen-bond donors (Lipinski definition) is 0. The van der Waals surface area contributed by atoms with Gasteiger partial charge in [-0.3, -0.25) is 0 Å². The van der Waals surface area contributed by atoms with Gasteiger partial charge in [0.2, 0.25) is 3.79 Å². The van der Waals surface area contributed by atoms with Gasteiger partial charge in [-0.2, -0.15) is 0 Å². The van der Waals surface area contributed by atoms with Crippen LogP contribution in [0.1, 0.15) is 12.6 Å². The average molecular weight is 249 g/mol. The zero-order chi connectivity index (χ0) is 9.35. The Labute approximate surface area is 89.5 Å². The molecule has 68 valence electrons. The SMILES string of the molecule is CCn1nnc(Cl)c1C(Cl)(Cl)Cl. The maximum atomic E-state index is 5.66. The molecule has 0 bridgehead atoms. The number of hydrogen-bond acceptors (Lipinski definition) is 2. The van der Waals surface area contributed by atoms with E-state index in [-0.39, 0.29) is 5.15 Å². The minimum absolute atomic E-state index is 0.122. The van der Waals surface area contributed by atoms with Crippen LogP contribution in [-0.4, -0.2) is 15.0 Å². The Morgan fingerprint density at radius 1 is 1.42 bits per heavy atom. The predicted octanol–water partition coefficient (Wildman–Crippen LogP) is 2.78. The molecule has 0 amide bonds. The first-order valence-corrected chi connectivity index (χ1v) is 4.64. The molecule has 0 saturated carbocycles. The summed E-state index contributed by atoms with van der Waals surface area (Å²) in [4.78, 5) is 0. The van der Waals surface area contributed by atoms with Crippen LogP contribution >= 0.6 is 46.4 Å². The van der Waals surface area contributed by atoms with Crippen LogP contribution in [0.5, 0.6) is 0 Å². The van der Waals surface area contributed by atoms with E-state index < -0.39 is 3.79 Å². The van der Waals surface area contributed by atoms with Crippen LogP contribution in [0, 0.1) is 0 Å². The van der Waals surface area contributed by atoms with Gasteiger partial charge in [-0.05, 0) is 6.92 Å². The van der Waals surface area contributed by atoms with Crippen LogP contribution in [0.2, 0.25) is 5.15 Å². The highest BCUT2D eigenvalue weighted by Crippen LogP contribution is 2.40. The molecule has 1 aromatic rings. The summed E-state index contributed by atoms with van der Waals surface area (Å²) in [5, 5.41) is 7.38. The molecule has 0 aliphatic heterocycles. The highest BCUT2D eigenvalue weighted by atomic mass is 35.6. The van der Waals surface area contributed by atoms with E-state index in [2.05, 4.69) is 10.3 Å². The summed E-state index contributed by atoms with van der Waals surface area (Å²) in [6.45, 7) is 2.41. The Bertz CT molecular complexity index is 277. The zero-order valence-corrected chi connectivity index (χ0v) is 9.08. The predicted molar refractivity (Wildman–Crippen MR) is 49.9 cm³/mol. The molecule has 1 aromatic heterocycles. The lowest BCUT2D eigenvalue weighted by molar-refractivity contribution is 0.602. The Morgan fingerprint density at radius 3 is 2.33 bits per heavy atom. The molecule has 3 nitrogen and oxygen atoms in total. The third-order valence-corrected chi connectivity index (χ3v) is 2.05. The molecule has 0 atom stereocenters. The molecule has 0 aliphatic rings. The summed E-state index contributed by atoms with van der Waals surface area (Å²) in [6.07, 6.45) is 0. The fourth-order valence-electron chi connectivity index (χ4n) is 0.776. The summed E-state index contributed by atoms with van der Waals surface area (Å²) in [7, 11) is 0. The second kappa shape index (κ2) is 3.58. The van der Waals surface area contributed by atoms with Crippen molar-refractivity contribution in [3.63, 3.8) is 0 Å². The van der Waals surface area contributed by atoms with E-state index >= 15 is 0 Å². The molecule has 0 aromatic carbocycles. The van der Waals surface area contributed by atoms with Crippen LogP contribution < -0.4 is 0 Å². The van der Waals surface area contributed by atoms with Crippen molar-refractivity contribution in [2.24, 2.45) is 0 Å². The molecule has 0 radical (unpaired) electrons. The molecule has 7 heteroatoms. The number of rotatable bonds is 1. The molecule has 0 saturated heterocycles. The second-order valence-corrected chi connectivity index (χ2v) is 4.68. The third-order valence-electron chi connectivity index (χ3n) is 1.26. The monoisotopic (exact) mass is 247 g/mol. The molecule has 0 fully saturated rings. The molecule has 12 heavy (non-hydrogen) atoms. The van der Waals surface area contributed by atoms with Crippen molar-refractivity contribution in [3.05, 3.63) is 10.8 Å². The first-order valence-electron chi connectivity index (χ1n) is 3.13. The Morgan fingerprint density at radius 2 is 2.00 bits per heavy atom. The first-order chi connectivity index (χ1) is 5.46. The van der Waals surface area contributed by atoms with Gasteiger partial charge in [-0.15, -0.1) is 5.10 Å². The minimum atomic E-state index is -1.57. The van der Waals surface area contributed by atoms with Crippen LogP contribution in [0.25, 0.3) is 0 Å². The summed E-state index contributed by atoms with van der Waals surface area (Å²) in [6, 6.07) is 0. The Hall–Kier alpha value is 0.300. The van der Waals surface area contributed by atoms with Gasteiger partial charge in [0, 0.05) is 6.54 Å². The molecule has 1 rings (SSSR count). The fourth-order valence-corrected chi connectivity index (χ4v) is 1.76. The second-order valence-electron chi connectivity index (χ2n) is 2.04. The number of nitrogens with zero attached hydrogens (tertiary/aromatic N) is 3. The van der Waals surface area contributed by atoms with Crippen LogP contribution in [0.4, 0.5) is 0 Å².